The number of rotatable bonds is 8. The van der Waals surface area contributed by atoms with Crippen molar-refractivity contribution in [1.29, 1.82) is 0 Å². The Morgan fingerprint density at radius 1 is 0.964 bits per heavy atom. The van der Waals surface area contributed by atoms with Crippen LogP contribution < -0.4 is 14.8 Å². The number of ether oxygens (including phenoxy) is 2. The summed E-state index contributed by atoms with van der Waals surface area (Å²) in [5, 5.41) is 3.23. The third-order valence-electron chi connectivity index (χ3n) is 5.64. The molecule has 3 rings (SSSR count). The molecule has 150 valence electrons. The fourth-order valence-corrected chi connectivity index (χ4v) is 3.97. The molecule has 0 aliphatic carbocycles. The van der Waals surface area contributed by atoms with Gasteiger partial charge in [0.1, 0.15) is 0 Å². The van der Waals surface area contributed by atoms with E-state index in [-0.39, 0.29) is 17.9 Å². The van der Waals surface area contributed by atoms with Crippen LogP contribution in [0.3, 0.4) is 0 Å². The van der Waals surface area contributed by atoms with Crippen LogP contribution in [0.25, 0.3) is 0 Å². The average Bonchev–Trinajstić information content (AvgIpc) is 2.74. The van der Waals surface area contributed by atoms with Crippen molar-refractivity contribution in [2.24, 2.45) is 0 Å². The Kier molecular flexibility index (Phi) is 6.57. The van der Waals surface area contributed by atoms with Gasteiger partial charge in [-0.1, -0.05) is 44.2 Å². The lowest BCUT2D eigenvalue weighted by molar-refractivity contribution is -0.124. The minimum Gasteiger partial charge on any atom is -0.493 e. The molecular weight excluding hydrogens is 352 g/mol. The molecule has 0 saturated carbocycles. The lowest BCUT2D eigenvalue weighted by atomic mass is 9.81. The molecule has 2 atom stereocenters. The van der Waals surface area contributed by atoms with E-state index >= 15 is 0 Å². The number of nitrogens with one attached hydrogen (secondary N) is 1. The maximum Gasteiger partial charge on any atom is 0.228 e. The summed E-state index contributed by atoms with van der Waals surface area (Å²) in [7, 11) is 3.27. The van der Waals surface area contributed by atoms with Crippen molar-refractivity contribution in [1.82, 2.24) is 10.2 Å². The van der Waals surface area contributed by atoms with Crippen molar-refractivity contribution < 1.29 is 14.3 Å². The van der Waals surface area contributed by atoms with Gasteiger partial charge in [0.25, 0.3) is 0 Å². The Balaban J connectivity index is 2.04. The smallest absolute Gasteiger partial charge is 0.228 e. The fraction of sp³-hybridized carbons (Fsp3) is 0.435. The van der Waals surface area contributed by atoms with Crippen LogP contribution in [0.15, 0.2) is 42.5 Å². The Morgan fingerprint density at radius 3 is 2.14 bits per heavy atom. The highest BCUT2D eigenvalue weighted by atomic mass is 16.5. The number of carbonyl (C=O) groups excluding carboxylic acids is 1. The van der Waals surface area contributed by atoms with E-state index in [1.54, 1.807) is 14.2 Å². The Labute approximate surface area is 167 Å². The minimum atomic E-state index is -0.199. The van der Waals surface area contributed by atoms with Crippen LogP contribution >= 0.6 is 0 Å². The summed E-state index contributed by atoms with van der Waals surface area (Å²) < 4.78 is 11.1. The lowest BCUT2D eigenvalue weighted by Gasteiger charge is -2.34. The van der Waals surface area contributed by atoms with Crippen molar-refractivity contribution in [3.8, 4) is 11.5 Å². The Morgan fingerprint density at radius 2 is 1.57 bits per heavy atom. The van der Waals surface area contributed by atoms with Crippen LogP contribution in [-0.2, 0) is 4.79 Å². The predicted octanol–water partition coefficient (Wildman–Crippen LogP) is 3.74. The zero-order chi connectivity index (χ0) is 20.1. The molecule has 5 nitrogen and oxygen atoms in total. The maximum absolute atomic E-state index is 13.1. The molecule has 1 heterocycles. The molecule has 0 radical (unpaired) electrons. The summed E-state index contributed by atoms with van der Waals surface area (Å²) in [5.74, 6) is 1.22. The fourth-order valence-electron chi connectivity index (χ4n) is 3.97. The number of hydrogen-bond acceptors (Lipinski definition) is 4. The first-order chi connectivity index (χ1) is 13.6. The molecule has 5 heteroatoms. The first-order valence-electron chi connectivity index (χ1n) is 9.96. The standard InChI is InChI=1S/C23H30N2O3/c1-5-25(6-2)13-12-17-18-14-20(27-3)21(28-4)15-19(18)22(24-23(17)26)16-10-8-7-9-11-16/h7-11,14-15,17,22H,5-6,12-13H2,1-4H3,(H,24,26). The molecule has 1 amide bonds. The largest absolute Gasteiger partial charge is 0.493 e. The number of fused-ring (bicyclic) bond motifs is 1. The molecule has 0 spiro atoms. The first kappa shape index (κ1) is 20.2. The second-order valence-corrected chi connectivity index (χ2v) is 7.06. The quantitative estimate of drug-likeness (QED) is 0.756. The van der Waals surface area contributed by atoms with Crippen LogP contribution in [0, 0.1) is 0 Å². The van der Waals surface area contributed by atoms with E-state index in [1.807, 2.05) is 42.5 Å². The molecule has 1 N–H and O–H groups in total. The highest BCUT2D eigenvalue weighted by Crippen LogP contribution is 2.42. The molecule has 1 aliphatic heterocycles. The average molecular weight is 383 g/mol. The topological polar surface area (TPSA) is 50.8 Å². The van der Waals surface area contributed by atoms with E-state index in [0.29, 0.717) is 11.5 Å². The van der Waals surface area contributed by atoms with Gasteiger partial charge in [-0.05, 0) is 54.9 Å². The monoisotopic (exact) mass is 382 g/mol. The minimum absolute atomic E-state index is 0.0701. The third kappa shape index (κ3) is 3.99. The molecule has 28 heavy (non-hydrogen) atoms. The summed E-state index contributed by atoms with van der Waals surface area (Å²) in [5.41, 5.74) is 3.17. The Bertz CT molecular complexity index is 803. The summed E-state index contributed by atoms with van der Waals surface area (Å²) in [6, 6.07) is 13.9. The van der Waals surface area contributed by atoms with Crippen LogP contribution in [0.2, 0.25) is 0 Å². The zero-order valence-electron chi connectivity index (χ0n) is 17.2. The van der Waals surface area contributed by atoms with E-state index in [4.69, 9.17) is 9.47 Å². The number of amides is 1. The van der Waals surface area contributed by atoms with Crippen molar-refractivity contribution in [2.75, 3.05) is 33.9 Å². The number of hydrogen-bond donors (Lipinski definition) is 1. The molecule has 2 unspecified atom stereocenters. The molecule has 0 aromatic heterocycles. The first-order valence-corrected chi connectivity index (χ1v) is 9.96. The molecule has 1 aliphatic rings. The number of carbonyl (C=O) groups is 1. The normalized spacial score (nSPS) is 18.5. The zero-order valence-corrected chi connectivity index (χ0v) is 17.2. The van der Waals surface area contributed by atoms with Gasteiger partial charge < -0.3 is 19.7 Å². The van der Waals surface area contributed by atoms with Gasteiger partial charge in [-0.3, -0.25) is 4.79 Å². The van der Waals surface area contributed by atoms with Crippen LogP contribution in [0.5, 0.6) is 11.5 Å². The molecular formula is C23H30N2O3. The van der Waals surface area contributed by atoms with E-state index in [2.05, 4.69) is 24.1 Å². The maximum atomic E-state index is 13.1. The van der Waals surface area contributed by atoms with E-state index in [0.717, 1.165) is 42.7 Å². The van der Waals surface area contributed by atoms with Crippen molar-refractivity contribution >= 4 is 5.91 Å². The van der Waals surface area contributed by atoms with Crippen LogP contribution in [0.1, 0.15) is 48.9 Å². The number of nitrogens with zero attached hydrogens (tertiary/aromatic N) is 1. The van der Waals surface area contributed by atoms with Gasteiger partial charge in [-0.15, -0.1) is 0 Å². The van der Waals surface area contributed by atoms with Gasteiger partial charge in [-0.2, -0.15) is 0 Å². The van der Waals surface area contributed by atoms with Gasteiger partial charge in [-0.25, -0.2) is 0 Å². The number of methoxy groups -OCH3 is 2. The second-order valence-electron chi connectivity index (χ2n) is 7.06. The summed E-state index contributed by atoms with van der Waals surface area (Å²) in [6.45, 7) is 7.15. The van der Waals surface area contributed by atoms with Crippen molar-refractivity contribution in [3.05, 3.63) is 59.2 Å². The molecule has 0 fully saturated rings. The lowest BCUT2D eigenvalue weighted by Crippen LogP contribution is -2.40. The highest BCUT2D eigenvalue weighted by Gasteiger charge is 2.35. The molecule has 2 aromatic carbocycles. The van der Waals surface area contributed by atoms with Crippen molar-refractivity contribution in [2.45, 2.75) is 32.2 Å². The molecule has 0 saturated heterocycles. The number of benzene rings is 2. The van der Waals surface area contributed by atoms with Crippen molar-refractivity contribution in [3.63, 3.8) is 0 Å². The molecule has 2 aromatic rings. The molecule has 0 bridgehead atoms. The second kappa shape index (κ2) is 9.11. The van der Waals surface area contributed by atoms with Gasteiger partial charge in [0.2, 0.25) is 5.91 Å². The Hall–Kier alpha value is -2.53. The van der Waals surface area contributed by atoms with Gasteiger partial charge in [0.15, 0.2) is 11.5 Å². The van der Waals surface area contributed by atoms with Gasteiger partial charge in [0.05, 0.1) is 26.2 Å². The van der Waals surface area contributed by atoms with Gasteiger partial charge >= 0.3 is 0 Å². The predicted molar refractivity (Wildman–Crippen MR) is 111 cm³/mol. The van der Waals surface area contributed by atoms with E-state index in [1.165, 1.54) is 0 Å². The van der Waals surface area contributed by atoms with Gasteiger partial charge in [0, 0.05) is 0 Å². The summed E-state index contributed by atoms with van der Waals surface area (Å²) in [6.07, 6.45) is 0.775. The van der Waals surface area contributed by atoms with Crippen LogP contribution in [0.4, 0.5) is 0 Å². The summed E-state index contributed by atoms with van der Waals surface area (Å²) >= 11 is 0. The van der Waals surface area contributed by atoms with E-state index < -0.39 is 0 Å². The SMILES string of the molecule is CCN(CC)CCC1C(=O)NC(c2ccccc2)c2cc(OC)c(OC)cc21. The summed E-state index contributed by atoms with van der Waals surface area (Å²) in [4.78, 5) is 15.4. The third-order valence-corrected chi connectivity index (χ3v) is 5.64. The van der Waals surface area contributed by atoms with Crippen LogP contribution in [-0.4, -0.2) is 44.7 Å². The highest BCUT2D eigenvalue weighted by molar-refractivity contribution is 5.87. The van der Waals surface area contributed by atoms with E-state index in [9.17, 15) is 4.79 Å².